The molecule has 0 amide bonds. The van der Waals surface area contributed by atoms with E-state index in [-0.39, 0.29) is 19.0 Å². The van der Waals surface area contributed by atoms with Crippen molar-refractivity contribution in [2.45, 2.75) is 115 Å². The molecular weight excluding hydrogens is 332 g/mol. The highest BCUT2D eigenvalue weighted by atomic mass is 16.7. The van der Waals surface area contributed by atoms with Crippen LogP contribution in [0.3, 0.4) is 0 Å². The van der Waals surface area contributed by atoms with E-state index in [1.54, 1.807) is 7.11 Å². The van der Waals surface area contributed by atoms with Crippen LogP contribution in [0.25, 0.3) is 0 Å². The van der Waals surface area contributed by atoms with Gasteiger partial charge >= 0.3 is 0 Å². The van der Waals surface area contributed by atoms with Crippen LogP contribution in [-0.4, -0.2) is 55.1 Å². The van der Waals surface area contributed by atoms with E-state index in [4.69, 9.17) is 14.2 Å². The number of aliphatic hydroxyl groups excluding tert-OH is 2. The lowest BCUT2D eigenvalue weighted by Crippen LogP contribution is -2.31. The number of ether oxygens (including phenoxy) is 3. The molecule has 1 aliphatic heterocycles. The molecule has 0 saturated carbocycles. The summed E-state index contributed by atoms with van der Waals surface area (Å²) in [5.41, 5.74) is 0. The maximum atomic E-state index is 10.4. The number of epoxide rings is 1. The van der Waals surface area contributed by atoms with Gasteiger partial charge < -0.3 is 24.4 Å². The molecule has 0 aromatic heterocycles. The molecule has 0 aromatic carbocycles. The van der Waals surface area contributed by atoms with Gasteiger partial charge in [0.25, 0.3) is 0 Å². The fourth-order valence-corrected chi connectivity index (χ4v) is 3.37. The van der Waals surface area contributed by atoms with Gasteiger partial charge in [-0.05, 0) is 19.3 Å². The highest BCUT2D eigenvalue weighted by molar-refractivity contribution is 4.80. The summed E-state index contributed by atoms with van der Waals surface area (Å²) in [6.45, 7) is 3.09. The van der Waals surface area contributed by atoms with Crippen LogP contribution in [0.5, 0.6) is 0 Å². The van der Waals surface area contributed by atoms with Crippen LogP contribution >= 0.6 is 0 Å². The van der Waals surface area contributed by atoms with E-state index in [1.807, 2.05) is 0 Å². The lowest BCUT2D eigenvalue weighted by molar-refractivity contribution is -0.118. The standard InChI is InChI=1S/C21H42O5/c1-3-4-5-6-7-8-9-10-11-12-13-20(26-17-24-2)18(22)14-15-19(23)21-16-25-21/h18-23H,3-17H2,1-2H3/t18-,19+,20-,21+/m0/s1. The number of rotatable bonds is 19. The summed E-state index contributed by atoms with van der Waals surface area (Å²) in [5.74, 6) is 0. The molecule has 26 heavy (non-hydrogen) atoms. The summed E-state index contributed by atoms with van der Waals surface area (Å²) in [6, 6.07) is 0. The minimum absolute atomic E-state index is 0.0254. The zero-order chi connectivity index (χ0) is 19.0. The Morgan fingerprint density at radius 3 is 2.00 bits per heavy atom. The Morgan fingerprint density at radius 1 is 0.885 bits per heavy atom. The van der Waals surface area contributed by atoms with E-state index >= 15 is 0 Å². The molecule has 0 unspecified atom stereocenters. The molecule has 5 heteroatoms. The molecule has 0 aliphatic carbocycles. The molecule has 1 rings (SSSR count). The molecule has 156 valence electrons. The molecule has 2 N–H and O–H groups in total. The summed E-state index contributed by atoms with van der Waals surface area (Å²) in [6.07, 6.45) is 13.7. The van der Waals surface area contributed by atoms with E-state index in [9.17, 15) is 10.2 Å². The highest BCUT2D eigenvalue weighted by Gasteiger charge is 2.32. The third kappa shape index (κ3) is 12.2. The Balaban J connectivity index is 2.06. The second-order valence-electron chi connectivity index (χ2n) is 7.67. The van der Waals surface area contributed by atoms with Crippen molar-refractivity contribution in [2.24, 2.45) is 0 Å². The molecule has 0 radical (unpaired) electrons. The summed E-state index contributed by atoms with van der Waals surface area (Å²) in [4.78, 5) is 0. The molecule has 1 heterocycles. The Morgan fingerprint density at radius 2 is 1.46 bits per heavy atom. The molecule has 4 atom stereocenters. The van der Waals surface area contributed by atoms with Gasteiger partial charge in [-0.2, -0.15) is 0 Å². The number of hydrogen-bond donors (Lipinski definition) is 2. The average Bonchev–Trinajstić information content (AvgIpc) is 3.48. The van der Waals surface area contributed by atoms with Gasteiger partial charge in [0.05, 0.1) is 24.9 Å². The third-order valence-electron chi connectivity index (χ3n) is 5.22. The first kappa shape index (κ1) is 23.8. The van der Waals surface area contributed by atoms with Crippen LogP contribution in [0, 0.1) is 0 Å². The molecule has 1 saturated heterocycles. The van der Waals surface area contributed by atoms with Gasteiger partial charge in [0.1, 0.15) is 12.9 Å². The van der Waals surface area contributed by atoms with E-state index in [2.05, 4.69) is 6.92 Å². The zero-order valence-electron chi connectivity index (χ0n) is 17.0. The number of hydrogen-bond acceptors (Lipinski definition) is 5. The van der Waals surface area contributed by atoms with Gasteiger partial charge in [0.15, 0.2) is 0 Å². The van der Waals surface area contributed by atoms with E-state index in [0.717, 1.165) is 12.8 Å². The summed E-state index contributed by atoms with van der Waals surface area (Å²) < 4.78 is 15.7. The summed E-state index contributed by atoms with van der Waals surface area (Å²) >= 11 is 0. The van der Waals surface area contributed by atoms with Crippen molar-refractivity contribution < 1.29 is 24.4 Å². The second kappa shape index (κ2) is 15.8. The normalized spacial score (nSPS) is 20.1. The number of unbranched alkanes of at least 4 members (excludes halogenated alkanes) is 9. The second-order valence-corrected chi connectivity index (χ2v) is 7.67. The van der Waals surface area contributed by atoms with E-state index in [0.29, 0.717) is 19.4 Å². The van der Waals surface area contributed by atoms with E-state index < -0.39 is 12.2 Å². The van der Waals surface area contributed by atoms with Crippen molar-refractivity contribution in [1.82, 2.24) is 0 Å². The van der Waals surface area contributed by atoms with Gasteiger partial charge in [0.2, 0.25) is 0 Å². The molecule has 1 fully saturated rings. The fraction of sp³-hybridized carbons (Fsp3) is 1.00. The van der Waals surface area contributed by atoms with Crippen molar-refractivity contribution in [3.63, 3.8) is 0 Å². The Bertz CT molecular complexity index is 309. The molecule has 5 nitrogen and oxygen atoms in total. The molecular formula is C21H42O5. The van der Waals surface area contributed by atoms with Crippen molar-refractivity contribution in [2.75, 3.05) is 20.5 Å². The first-order valence-electron chi connectivity index (χ1n) is 10.8. The Kier molecular flexibility index (Phi) is 14.5. The van der Waals surface area contributed by atoms with Crippen LogP contribution < -0.4 is 0 Å². The van der Waals surface area contributed by atoms with Crippen LogP contribution in [0.1, 0.15) is 90.4 Å². The monoisotopic (exact) mass is 374 g/mol. The van der Waals surface area contributed by atoms with Crippen LogP contribution in [0.4, 0.5) is 0 Å². The largest absolute Gasteiger partial charge is 0.390 e. The van der Waals surface area contributed by atoms with Crippen LogP contribution in [0.15, 0.2) is 0 Å². The van der Waals surface area contributed by atoms with Gasteiger partial charge in [-0.15, -0.1) is 0 Å². The van der Waals surface area contributed by atoms with Gasteiger partial charge in [-0.25, -0.2) is 0 Å². The molecule has 0 bridgehead atoms. The maximum Gasteiger partial charge on any atom is 0.146 e. The summed E-state index contributed by atoms with van der Waals surface area (Å²) in [5, 5.41) is 20.3. The minimum Gasteiger partial charge on any atom is -0.390 e. The third-order valence-corrected chi connectivity index (χ3v) is 5.22. The van der Waals surface area contributed by atoms with Gasteiger partial charge in [-0.1, -0.05) is 71.1 Å². The first-order chi connectivity index (χ1) is 12.7. The average molecular weight is 375 g/mol. The topological polar surface area (TPSA) is 71.5 Å². The Labute approximate surface area is 160 Å². The van der Waals surface area contributed by atoms with Crippen molar-refractivity contribution in [3.8, 4) is 0 Å². The number of methoxy groups -OCH3 is 1. The summed E-state index contributed by atoms with van der Waals surface area (Å²) in [7, 11) is 1.60. The SMILES string of the molecule is CCCCCCCCCCCC[C@H](OCOC)[C@@H](O)CC[C@@H](O)[C@H]1CO1. The molecule has 1 aliphatic rings. The molecule has 0 spiro atoms. The van der Waals surface area contributed by atoms with Crippen LogP contribution in [0.2, 0.25) is 0 Å². The Hall–Kier alpha value is -0.200. The van der Waals surface area contributed by atoms with Crippen LogP contribution in [-0.2, 0) is 14.2 Å². The predicted octanol–water partition coefficient (Wildman–Crippen LogP) is 4.19. The van der Waals surface area contributed by atoms with Crippen molar-refractivity contribution in [3.05, 3.63) is 0 Å². The minimum atomic E-state index is -0.558. The number of aliphatic hydroxyl groups is 2. The predicted molar refractivity (Wildman–Crippen MR) is 104 cm³/mol. The lowest BCUT2D eigenvalue weighted by atomic mass is 9.99. The van der Waals surface area contributed by atoms with Crippen molar-refractivity contribution >= 4 is 0 Å². The fourth-order valence-electron chi connectivity index (χ4n) is 3.37. The maximum absolute atomic E-state index is 10.4. The van der Waals surface area contributed by atoms with Gasteiger partial charge in [0, 0.05) is 7.11 Å². The van der Waals surface area contributed by atoms with Gasteiger partial charge in [-0.3, -0.25) is 0 Å². The molecule has 0 aromatic rings. The zero-order valence-corrected chi connectivity index (χ0v) is 17.0. The lowest BCUT2D eigenvalue weighted by Gasteiger charge is -2.24. The smallest absolute Gasteiger partial charge is 0.146 e. The highest BCUT2D eigenvalue weighted by Crippen LogP contribution is 2.21. The van der Waals surface area contributed by atoms with Crippen molar-refractivity contribution in [1.29, 1.82) is 0 Å². The first-order valence-corrected chi connectivity index (χ1v) is 10.8. The quantitative estimate of drug-likeness (QED) is 0.201. The van der Waals surface area contributed by atoms with E-state index in [1.165, 1.54) is 57.8 Å².